The van der Waals surface area contributed by atoms with Gasteiger partial charge in [-0.15, -0.1) is 0 Å². The van der Waals surface area contributed by atoms with E-state index in [2.05, 4.69) is 26.8 Å². The summed E-state index contributed by atoms with van der Waals surface area (Å²) < 4.78 is 0. The van der Waals surface area contributed by atoms with Crippen LogP contribution in [0.5, 0.6) is 0 Å². The van der Waals surface area contributed by atoms with Crippen LogP contribution in [0.4, 0.5) is 0 Å². The molecule has 0 nitrogen and oxygen atoms in total. The zero-order valence-corrected chi connectivity index (χ0v) is 11.9. The van der Waals surface area contributed by atoms with E-state index in [1.165, 1.54) is 51.4 Å². The van der Waals surface area contributed by atoms with Crippen LogP contribution < -0.4 is 0 Å². The van der Waals surface area contributed by atoms with Crippen LogP contribution in [0.2, 0.25) is 0 Å². The van der Waals surface area contributed by atoms with Gasteiger partial charge in [0.25, 0.3) is 0 Å². The van der Waals surface area contributed by atoms with Crippen LogP contribution in [-0.4, -0.2) is 0 Å². The van der Waals surface area contributed by atoms with Crippen LogP contribution in [0.1, 0.15) is 72.1 Å². The standard InChI is InChI=1S/C17H28/c1-16(2)11-6-12-17(3)14-8-5-4-7-13(14)9-10-15(16)17/h7,14-15H,4-6,8-12H2,1-3H3/t14?,15?,17-/m1/s1. The summed E-state index contributed by atoms with van der Waals surface area (Å²) in [6, 6.07) is 0. The van der Waals surface area contributed by atoms with E-state index in [9.17, 15) is 0 Å². The van der Waals surface area contributed by atoms with Gasteiger partial charge in [-0.25, -0.2) is 0 Å². The average molecular weight is 232 g/mol. The number of allylic oxidation sites excluding steroid dienone is 2. The van der Waals surface area contributed by atoms with E-state index in [1.807, 2.05) is 5.57 Å². The van der Waals surface area contributed by atoms with Crippen molar-refractivity contribution in [1.82, 2.24) is 0 Å². The lowest BCUT2D eigenvalue weighted by molar-refractivity contribution is -0.0562. The topological polar surface area (TPSA) is 0 Å². The molecule has 0 aromatic rings. The minimum atomic E-state index is 0.593. The zero-order valence-electron chi connectivity index (χ0n) is 11.9. The largest absolute Gasteiger partial charge is 0.0850 e. The van der Waals surface area contributed by atoms with Gasteiger partial charge >= 0.3 is 0 Å². The van der Waals surface area contributed by atoms with E-state index in [0.717, 1.165) is 11.8 Å². The summed E-state index contributed by atoms with van der Waals surface area (Å²) in [6.45, 7) is 7.70. The third-order valence-electron chi connectivity index (χ3n) is 6.34. The van der Waals surface area contributed by atoms with Gasteiger partial charge in [0.2, 0.25) is 0 Å². The third-order valence-corrected chi connectivity index (χ3v) is 6.34. The van der Waals surface area contributed by atoms with Gasteiger partial charge in [0.05, 0.1) is 0 Å². The van der Waals surface area contributed by atoms with E-state index in [1.54, 1.807) is 0 Å². The minimum Gasteiger partial charge on any atom is -0.0850 e. The second kappa shape index (κ2) is 3.87. The Balaban J connectivity index is 1.97. The van der Waals surface area contributed by atoms with E-state index in [4.69, 9.17) is 0 Å². The molecule has 3 aliphatic rings. The van der Waals surface area contributed by atoms with E-state index in [-0.39, 0.29) is 0 Å². The summed E-state index contributed by atoms with van der Waals surface area (Å²) in [4.78, 5) is 0. The molecule has 0 saturated heterocycles. The fourth-order valence-electron chi connectivity index (χ4n) is 5.58. The molecule has 3 rings (SSSR count). The molecule has 0 aromatic carbocycles. The van der Waals surface area contributed by atoms with Crippen molar-refractivity contribution in [1.29, 1.82) is 0 Å². The predicted octanol–water partition coefficient (Wildman–Crippen LogP) is 5.34. The highest BCUT2D eigenvalue weighted by molar-refractivity contribution is 5.20. The van der Waals surface area contributed by atoms with Gasteiger partial charge in [-0.2, -0.15) is 0 Å². The molecule has 2 fully saturated rings. The molecule has 0 aromatic heterocycles. The Morgan fingerprint density at radius 1 is 1.06 bits per heavy atom. The molecule has 0 bridgehead atoms. The van der Waals surface area contributed by atoms with Crippen LogP contribution in [0, 0.1) is 22.7 Å². The minimum absolute atomic E-state index is 0.593. The van der Waals surface area contributed by atoms with Gasteiger partial charge in [0, 0.05) is 0 Å². The maximum atomic E-state index is 2.63. The van der Waals surface area contributed by atoms with Crippen LogP contribution >= 0.6 is 0 Å². The van der Waals surface area contributed by atoms with Gasteiger partial charge in [-0.1, -0.05) is 38.8 Å². The Hall–Kier alpha value is -0.260. The number of hydrogen-bond donors (Lipinski definition) is 0. The van der Waals surface area contributed by atoms with Gasteiger partial charge in [0.15, 0.2) is 0 Å². The first kappa shape index (κ1) is 11.8. The molecule has 0 N–H and O–H groups in total. The molecule has 0 spiro atoms. The average Bonchev–Trinajstić information content (AvgIpc) is 2.28. The first-order valence-corrected chi connectivity index (χ1v) is 7.73. The molecule has 2 saturated carbocycles. The zero-order chi connectivity index (χ0) is 12.1. The summed E-state index contributed by atoms with van der Waals surface area (Å²) in [5.41, 5.74) is 3.06. The highest BCUT2D eigenvalue weighted by atomic mass is 14.6. The Morgan fingerprint density at radius 3 is 2.71 bits per heavy atom. The third kappa shape index (κ3) is 1.71. The monoisotopic (exact) mass is 232 g/mol. The van der Waals surface area contributed by atoms with Gasteiger partial charge in [0.1, 0.15) is 0 Å². The molecule has 2 unspecified atom stereocenters. The fourth-order valence-corrected chi connectivity index (χ4v) is 5.58. The highest BCUT2D eigenvalue weighted by Gasteiger charge is 2.52. The maximum Gasteiger partial charge on any atom is -0.0146 e. The second-order valence-electron chi connectivity index (χ2n) is 7.70. The summed E-state index contributed by atoms with van der Waals surface area (Å²) in [6.07, 6.45) is 14.2. The van der Waals surface area contributed by atoms with Crippen molar-refractivity contribution in [2.75, 3.05) is 0 Å². The molecular formula is C17H28. The number of hydrogen-bond acceptors (Lipinski definition) is 0. The summed E-state index contributed by atoms with van der Waals surface area (Å²) in [5.74, 6) is 1.92. The van der Waals surface area contributed by atoms with Crippen LogP contribution in [0.25, 0.3) is 0 Å². The first-order chi connectivity index (χ1) is 8.04. The van der Waals surface area contributed by atoms with Gasteiger partial charge < -0.3 is 0 Å². The maximum absolute atomic E-state index is 2.63. The van der Waals surface area contributed by atoms with Crippen molar-refractivity contribution >= 4 is 0 Å². The Bertz CT molecular complexity index is 336. The lowest BCUT2D eigenvalue weighted by atomic mass is 9.46. The lowest BCUT2D eigenvalue weighted by Crippen LogP contribution is -2.49. The molecule has 96 valence electrons. The molecular weight excluding hydrogens is 204 g/mol. The Kier molecular flexibility index (Phi) is 2.69. The fraction of sp³-hybridized carbons (Fsp3) is 0.882. The lowest BCUT2D eigenvalue weighted by Gasteiger charge is -2.58. The van der Waals surface area contributed by atoms with Crippen molar-refractivity contribution in [3.05, 3.63) is 11.6 Å². The molecule has 0 aliphatic heterocycles. The predicted molar refractivity (Wildman–Crippen MR) is 73.9 cm³/mol. The SMILES string of the molecule is CC1(C)CCC[C@]2(C)C3CCCC=C3CCC12. The van der Waals surface area contributed by atoms with Crippen molar-refractivity contribution in [2.24, 2.45) is 22.7 Å². The smallest absolute Gasteiger partial charge is 0.0146 e. The quantitative estimate of drug-likeness (QED) is 0.495. The summed E-state index contributed by atoms with van der Waals surface area (Å²) in [5, 5.41) is 0. The summed E-state index contributed by atoms with van der Waals surface area (Å²) in [7, 11) is 0. The van der Waals surface area contributed by atoms with Gasteiger partial charge in [-0.05, 0) is 67.6 Å². The number of fused-ring (bicyclic) bond motifs is 3. The van der Waals surface area contributed by atoms with Crippen LogP contribution in [0.15, 0.2) is 11.6 Å². The van der Waals surface area contributed by atoms with Gasteiger partial charge in [-0.3, -0.25) is 0 Å². The first-order valence-electron chi connectivity index (χ1n) is 7.73. The molecule has 3 atom stereocenters. The highest BCUT2D eigenvalue weighted by Crippen LogP contribution is 2.62. The normalized spacial score (nSPS) is 44.5. The van der Waals surface area contributed by atoms with Crippen molar-refractivity contribution < 1.29 is 0 Å². The molecule has 0 radical (unpaired) electrons. The van der Waals surface area contributed by atoms with Crippen LogP contribution in [-0.2, 0) is 0 Å². The van der Waals surface area contributed by atoms with E-state index < -0.39 is 0 Å². The van der Waals surface area contributed by atoms with Crippen molar-refractivity contribution in [3.63, 3.8) is 0 Å². The number of rotatable bonds is 0. The molecule has 0 heteroatoms. The van der Waals surface area contributed by atoms with E-state index >= 15 is 0 Å². The van der Waals surface area contributed by atoms with Crippen LogP contribution in [0.3, 0.4) is 0 Å². The molecule has 0 heterocycles. The van der Waals surface area contributed by atoms with Crippen molar-refractivity contribution in [2.45, 2.75) is 72.1 Å². The Morgan fingerprint density at radius 2 is 1.88 bits per heavy atom. The summed E-state index contributed by atoms with van der Waals surface area (Å²) >= 11 is 0. The second-order valence-corrected chi connectivity index (χ2v) is 7.70. The Labute approximate surface area is 107 Å². The molecule has 0 amide bonds. The molecule has 3 aliphatic carbocycles. The molecule has 17 heavy (non-hydrogen) atoms. The van der Waals surface area contributed by atoms with Crippen molar-refractivity contribution in [3.8, 4) is 0 Å². The van der Waals surface area contributed by atoms with E-state index in [0.29, 0.717) is 10.8 Å².